The zero-order valence-electron chi connectivity index (χ0n) is 9.08. The Balaban J connectivity index is 3.34. The van der Waals surface area contributed by atoms with Gasteiger partial charge in [0.2, 0.25) is 0 Å². The number of hydrogen-bond donors (Lipinski definition) is 0. The van der Waals surface area contributed by atoms with E-state index in [1.165, 1.54) is 0 Å². The Hall–Kier alpha value is -1.34. The van der Waals surface area contributed by atoms with Gasteiger partial charge in [0.15, 0.2) is 5.75 Å². The van der Waals surface area contributed by atoms with E-state index < -0.39 is 14.0 Å². The molecule has 1 rings (SSSR count). The smallest absolute Gasteiger partial charge is 0.311 e. The monoisotopic (exact) mass is 279 g/mol. The molecule has 0 N–H and O–H groups in total. The van der Waals surface area contributed by atoms with Gasteiger partial charge in [-0.1, -0.05) is 0 Å². The highest BCUT2D eigenvalue weighted by molar-refractivity contribution is 8.13. The van der Waals surface area contributed by atoms with Crippen molar-refractivity contribution >= 4 is 25.4 Å². The minimum absolute atomic E-state index is 0.119. The molecule has 0 heterocycles. The van der Waals surface area contributed by atoms with Crippen LogP contribution in [0.15, 0.2) is 23.1 Å². The van der Waals surface area contributed by atoms with Crippen molar-refractivity contribution in [1.29, 1.82) is 0 Å². The molecule has 1 aromatic carbocycles. The molecular weight excluding hydrogens is 270 g/mol. The van der Waals surface area contributed by atoms with Gasteiger partial charge in [-0.2, -0.15) is 0 Å². The molecule has 0 radical (unpaired) electrons. The molecule has 0 saturated carbocycles. The molecule has 6 nitrogen and oxygen atoms in total. The zero-order valence-corrected chi connectivity index (χ0v) is 10.7. The molecule has 8 heteroatoms. The molecule has 0 spiro atoms. The van der Waals surface area contributed by atoms with E-state index in [1.54, 1.807) is 13.8 Å². The second-order valence-corrected chi connectivity index (χ2v) is 6.06. The number of nitrogens with zero attached hydrogens (tertiary/aromatic N) is 1. The number of hydrogen-bond acceptors (Lipinski definition) is 5. The summed E-state index contributed by atoms with van der Waals surface area (Å²) in [6.07, 6.45) is -0.318. The summed E-state index contributed by atoms with van der Waals surface area (Å²) in [5.74, 6) is -0.119. The maximum atomic E-state index is 11.1. The van der Waals surface area contributed by atoms with Crippen LogP contribution in [0.3, 0.4) is 0 Å². The maximum absolute atomic E-state index is 11.1. The number of halogens is 1. The van der Waals surface area contributed by atoms with Crippen LogP contribution in [0.2, 0.25) is 0 Å². The summed E-state index contributed by atoms with van der Waals surface area (Å²) in [5, 5.41) is 10.7. The van der Waals surface area contributed by atoms with Crippen molar-refractivity contribution in [3.05, 3.63) is 28.3 Å². The number of nitro benzene ring substituents is 1. The van der Waals surface area contributed by atoms with E-state index in [1.807, 2.05) is 0 Å². The lowest BCUT2D eigenvalue weighted by Crippen LogP contribution is -2.08. The first-order chi connectivity index (χ1) is 7.71. The van der Waals surface area contributed by atoms with Crippen molar-refractivity contribution < 1.29 is 18.1 Å². The fourth-order valence-electron chi connectivity index (χ4n) is 1.15. The van der Waals surface area contributed by atoms with Gasteiger partial charge in [0.1, 0.15) is 0 Å². The van der Waals surface area contributed by atoms with Gasteiger partial charge in [-0.3, -0.25) is 10.1 Å². The highest BCUT2D eigenvalue weighted by Gasteiger charge is 2.20. The molecule has 0 aliphatic heterocycles. The van der Waals surface area contributed by atoms with Crippen molar-refractivity contribution in [3.8, 4) is 5.75 Å². The van der Waals surface area contributed by atoms with Crippen LogP contribution in [0.1, 0.15) is 13.8 Å². The first-order valence-corrected chi connectivity index (χ1v) is 6.92. The van der Waals surface area contributed by atoms with Gasteiger partial charge in [0.25, 0.3) is 9.05 Å². The van der Waals surface area contributed by atoms with Gasteiger partial charge in [-0.25, -0.2) is 8.42 Å². The molecular formula is C9H10ClNO5S. The lowest BCUT2D eigenvalue weighted by molar-refractivity contribution is -0.386. The Morgan fingerprint density at radius 1 is 1.41 bits per heavy atom. The molecule has 0 fully saturated rings. The standard InChI is InChI=1S/C9H10ClNO5S/c1-6(2)16-9-5-7(17(10,14)15)3-4-8(9)11(12)13/h3-6H,1-2H3. The highest BCUT2D eigenvalue weighted by Crippen LogP contribution is 2.31. The summed E-state index contributed by atoms with van der Waals surface area (Å²) in [4.78, 5) is 9.82. The number of ether oxygens (including phenoxy) is 1. The third-order valence-electron chi connectivity index (χ3n) is 1.77. The largest absolute Gasteiger partial charge is 0.484 e. The van der Waals surface area contributed by atoms with Crippen molar-refractivity contribution in [3.63, 3.8) is 0 Å². The maximum Gasteiger partial charge on any atom is 0.311 e. The topological polar surface area (TPSA) is 86.5 Å². The van der Waals surface area contributed by atoms with Gasteiger partial charge in [0, 0.05) is 22.8 Å². The molecule has 0 bridgehead atoms. The zero-order chi connectivity index (χ0) is 13.2. The Morgan fingerprint density at radius 3 is 2.41 bits per heavy atom. The van der Waals surface area contributed by atoms with E-state index in [9.17, 15) is 18.5 Å². The summed E-state index contributed by atoms with van der Waals surface area (Å²) < 4.78 is 27.4. The van der Waals surface area contributed by atoms with Gasteiger partial charge >= 0.3 is 5.69 Å². The lowest BCUT2D eigenvalue weighted by Gasteiger charge is -2.10. The van der Waals surface area contributed by atoms with Crippen LogP contribution in [0.5, 0.6) is 5.75 Å². The Morgan fingerprint density at radius 2 is 2.00 bits per heavy atom. The molecule has 0 aromatic heterocycles. The normalized spacial score (nSPS) is 11.5. The molecule has 0 atom stereocenters. The predicted octanol–water partition coefficient (Wildman–Crippen LogP) is 2.31. The van der Waals surface area contributed by atoms with Crippen LogP contribution >= 0.6 is 10.7 Å². The van der Waals surface area contributed by atoms with Crippen molar-refractivity contribution in [2.45, 2.75) is 24.8 Å². The molecule has 0 saturated heterocycles. The second-order valence-electron chi connectivity index (χ2n) is 3.49. The van der Waals surface area contributed by atoms with E-state index in [-0.39, 0.29) is 22.4 Å². The Kier molecular flexibility index (Phi) is 3.94. The van der Waals surface area contributed by atoms with E-state index in [0.717, 1.165) is 18.2 Å². The predicted molar refractivity (Wildman–Crippen MR) is 61.9 cm³/mol. The minimum Gasteiger partial charge on any atom is -0.484 e. The van der Waals surface area contributed by atoms with Gasteiger partial charge in [0.05, 0.1) is 15.9 Å². The average Bonchev–Trinajstić information content (AvgIpc) is 2.14. The van der Waals surface area contributed by atoms with Crippen LogP contribution in [-0.2, 0) is 9.05 Å². The third-order valence-corrected chi connectivity index (χ3v) is 3.12. The summed E-state index contributed by atoms with van der Waals surface area (Å²) in [7, 11) is 1.21. The molecule has 94 valence electrons. The summed E-state index contributed by atoms with van der Waals surface area (Å²) in [6, 6.07) is 3.15. The molecule has 0 aliphatic carbocycles. The SMILES string of the molecule is CC(C)Oc1cc(S(=O)(=O)Cl)ccc1[N+](=O)[O-]. The van der Waals surface area contributed by atoms with Crippen LogP contribution in [0.25, 0.3) is 0 Å². The van der Waals surface area contributed by atoms with E-state index in [0.29, 0.717) is 0 Å². The van der Waals surface area contributed by atoms with Crippen molar-refractivity contribution in [2.24, 2.45) is 0 Å². The first-order valence-electron chi connectivity index (χ1n) is 4.61. The minimum atomic E-state index is -3.93. The van der Waals surface area contributed by atoms with Crippen LogP contribution in [0.4, 0.5) is 5.69 Å². The summed E-state index contributed by atoms with van der Waals surface area (Å²) >= 11 is 0. The van der Waals surface area contributed by atoms with E-state index in [4.69, 9.17) is 15.4 Å². The number of rotatable bonds is 4. The van der Waals surface area contributed by atoms with Gasteiger partial charge < -0.3 is 4.74 Å². The number of benzene rings is 1. The lowest BCUT2D eigenvalue weighted by atomic mass is 10.3. The molecule has 0 aliphatic rings. The van der Waals surface area contributed by atoms with Crippen LogP contribution in [0, 0.1) is 10.1 Å². The fraction of sp³-hybridized carbons (Fsp3) is 0.333. The number of nitro groups is 1. The van der Waals surface area contributed by atoms with E-state index in [2.05, 4.69) is 0 Å². The summed E-state index contributed by atoms with van der Waals surface area (Å²) in [6.45, 7) is 3.34. The molecule has 17 heavy (non-hydrogen) atoms. The summed E-state index contributed by atoms with van der Waals surface area (Å²) in [5.41, 5.74) is -0.303. The molecule has 1 aromatic rings. The van der Waals surface area contributed by atoms with E-state index >= 15 is 0 Å². The second kappa shape index (κ2) is 4.89. The average molecular weight is 280 g/mol. The molecule has 0 unspecified atom stereocenters. The van der Waals surface area contributed by atoms with Crippen LogP contribution < -0.4 is 4.74 Å². The first kappa shape index (κ1) is 13.7. The quantitative estimate of drug-likeness (QED) is 0.479. The van der Waals surface area contributed by atoms with Crippen molar-refractivity contribution in [1.82, 2.24) is 0 Å². The van der Waals surface area contributed by atoms with Crippen LogP contribution in [-0.4, -0.2) is 19.4 Å². The molecule has 0 amide bonds. The van der Waals surface area contributed by atoms with Gasteiger partial charge in [-0.05, 0) is 19.9 Å². The Bertz CT molecular complexity index is 540. The fourth-order valence-corrected chi connectivity index (χ4v) is 1.91. The highest BCUT2D eigenvalue weighted by atomic mass is 35.7. The Labute approximate surface area is 103 Å². The van der Waals surface area contributed by atoms with Gasteiger partial charge in [-0.15, -0.1) is 0 Å². The van der Waals surface area contributed by atoms with Crippen molar-refractivity contribution in [2.75, 3.05) is 0 Å². The third kappa shape index (κ3) is 3.57.